The van der Waals surface area contributed by atoms with Crippen LogP contribution in [0.15, 0.2) is 18.2 Å². The quantitative estimate of drug-likeness (QED) is 0.613. The van der Waals surface area contributed by atoms with Gasteiger partial charge in [-0.15, -0.1) is 0 Å². The van der Waals surface area contributed by atoms with Crippen LogP contribution in [-0.2, 0) is 27.5 Å². The maximum Gasteiger partial charge on any atom is 0.255 e. The Kier molecular flexibility index (Phi) is 4.30. The molecule has 1 unspecified atom stereocenters. The van der Waals surface area contributed by atoms with Crippen molar-refractivity contribution in [3.8, 4) is 0 Å². The van der Waals surface area contributed by atoms with E-state index < -0.39 is 11.9 Å². The lowest BCUT2D eigenvalue weighted by Crippen LogP contribution is -2.52. The van der Waals surface area contributed by atoms with E-state index in [0.717, 1.165) is 11.1 Å². The third-order valence-corrected chi connectivity index (χ3v) is 4.26. The van der Waals surface area contributed by atoms with Crippen LogP contribution >= 0.6 is 0 Å². The minimum atomic E-state index is -0.622. The molecular formula is C16H18N4O4. The zero-order valence-electron chi connectivity index (χ0n) is 13.0. The molecule has 0 aliphatic carbocycles. The van der Waals surface area contributed by atoms with E-state index >= 15 is 0 Å². The summed E-state index contributed by atoms with van der Waals surface area (Å²) in [5, 5.41) is 4.95. The van der Waals surface area contributed by atoms with E-state index in [0.29, 0.717) is 25.1 Å². The molecular weight excluding hydrogens is 312 g/mol. The van der Waals surface area contributed by atoms with Gasteiger partial charge >= 0.3 is 0 Å². The van der Waals surface area contributed by atoms with E-state index in [-0.39, 0.29) is 30.7 Å². The van der Waals surface area contributed by atoms with Crippen LogP contribution < -0.4 is 16.4 Å². The van der Waals surface area contributed by atoms with Crippen molar-refractivity contribution in [3.05, 3.63) is 34.9 Å². The third kappa shape index (κ3) is 3.00. The Balaban J connectivity index is 1.74. The largest absolute Gasteiger partial charge is 0.351 e. The van der Waals surface area contributed by atoms with Gasteiger partial charge in [-0.2, -0.15) is 0 Å². The number of imide groups is 1. The fourth-order valence-electron chi connectivity index (χ4n) is 3.01. The van der Waals surface area contributed by atoms with E-state index in [9.17, 15) is 19.2 Å². The third-order valence-electron chi connectivity index (χ3n) is 4.26. The Hall–Kier alpha value is -2.74. The zero-order chi connectivity index (χ0) is 17.3. The number of piperidine rings is 1. The second-order valence-electron chi connectivity index (χ2n) is 5.87. The number of fused-ring (bicyclic) bond motifs is 1. The van der Waals surface area contributed by atoms with Gasteiger partial charge in [0.2, 0.25) is 17.7 Å². The Morgan fingerprint density at radius 3 is 2.83 bits per heavy atom. The number of carbonyl (C=O) groups excluding carboxylic acids is 4. The monoisotopic (exact) mass is 330 g/mol. The summed E-state index contributed by atoms with van der Waals surface area (Å²) in [6.07, 6.45) is 0.566. The molecule has 8 nitrogen and oxygen atoms in total. The van der Waals surface area contributed by atoms with Gasteiger partial charge in [0, 0.05) is 25.1 Å². The van der Waals surface area contributed by atoms with Crippen molar-refractivity contribution in [1.29, 1.82) is 0 Å². The van der Waals surface area contributed by atoms with Gasteiger partial charge in [0.15, 0.2) is 0 Å². The van der Waals surface area contributed by atoms with Crippen molar-refractivity contribution < 1.29 is 19.2 Å². The van der Waals surface area contributed by atoms with Gasteiger partial charge in [-0.3, -0.25) is 24.5 Å². The smallest absolute Gasteiger partial charge is 0.255 e. The number of amides is 4. The Bertz CT molecular complexity index is 731. The zero-order valence-corrected chi connectivity index (χ0v) is 13.0. The molecule has 2 aliphatic heterocycles. The number of benzene rings is 1. The maximum atomic E-state index is 12.5. The Labute approximate surface area is 138 Å². The molecule has 1 saturated heterocycles. The molecule has 0 saturated carbocycles. The van der Waals surface area contributed by atoms with E-state index in [2.05, 4.69) is 10.6 Å². The Morgan fingerprint density at radius 1 is 1.33 bits per heavy atom. The topological polar surface area (TPSA) is 122 Å². The van der Waals surface area contributed by atoms with E-state index in [1.54, 1.807) is 12.1 Å². The number of nitrogens with one attached hydrogen (secondary N) is 2. The first-order valence-electron chi connectivity index (χ1n) is 7.73. The van der Waals surface area contributed by atoms with Gasteiger partial charge < -0.3 is 16.0 Å². The summed E-state index contributed by atoms with van der Waals surface area (Å²) < 4.78 is 0. The van der Waals surface area contributed by atoms with Crippen LogP contribution in [0, 0.1) is 0 Å². The molecule has 0 aromatic heterocycles. The number of rotatable bonds is 4. The molecule has 0 radical (unpaired) electrons. The van der Waals surface area contributed by atoms with Gasteiger partial charge in [0.05, 0.1) is 6.54 Å². The minimum Gasteiger partial charge on any atom is -0.351 e. The van der Waals surface area contributed by atoms with Crippen molar-refractivity contribution in [2.24, 2.45) is 5.73 Å². The first-order valence-corrected chi connectivity index (χ1v) is 7.73. The van der Waals surface area contributed by atoms with Crippen LogP contribution in [0.3, 0.4) is 0 Å². The molecule has 24 heavy (non-hydrogen) atoms. The first-order chi connectivity index (χ1) is 11.5. The fourth-order valence-corrected chi connectivity index (χ4v) is 3.01. The molecule has 126 valence electrons. The van der Waals surface area contributed by atoms with Gasteiger partial charge in [-0.05, 0) is 23.6 Å². The van der Waals surface area contributed by atoms with E-state index in [4.69, 9.17) is 5.73 Å². The van der Waals surface area contributed by atoms with Crippen LogP contribution in [0.1, 0.15) is 34.3 Å². The highest BCUT2D eigenvalue weighted by molar-refractivity contribution is 6.05. The summed E-state index contributed by atoms with van der Waals surface area (Å²) >= 11 is 0. The summed E-state index contributed by atoms with van der Waals surface area (Å²) in [4.78, 5) is 48.5. The van der Waals surface area contributed by atoms with Gasteiger partial charge in [-0.25, -0.2) is 0 Å². The summed E-state index contributed by atoms with van der Waals surface area (Å²) in [7, 11) is 0. The predicted octanol–water partition coefficient (Wildman–Crippen LogP) is -0.977. The van der Waals surface area contributed by atoms with Crippen molar-refractivity contribution >= 4 is 23.6 Å². The highest BCUT2D eigenvalue weighted by Gasteiger charge is 2.38. The lowest BCUT2D eigenvalue weighted by molar-refractivity contribution is -0.137. The van der Waals surface area contributed by atoms with Crippen LogP contribution in [-0.4, -0.2) is 41.1 Å². The number of hydrogen-bond acceptors (Lipinski definition) is 5. The molecule has 2 aliphatic rings. The molecule has 3 rings (SSSR count). The van der Waals surface area contributed by atoms with Crippen molar-refractivity contribution in [3.63, 3.8) is 0 Å². The molecule has 1 aromatic rings. The number of hydrogen-bond donors (Lipinski definition) is 3. The predicted molar refractivity (Wildman–Crippen MR) is 83.4 cm³/mol. The normalized spacial score (nSPS) is 20.0. The number of nitrogens with zero attached hydrogens (tertiary/aromatic N) is 1. The maximum absolute atomic E-state index is 12.5. The van der Waals surface area contributed by atoms with E-state index in [1.807, 2.05) is 6.07 Å². The van der Waals surface area contributed by atoms with Crippen LogP contribution in [0.4, 0.5) is 0 Å². The standard InChI is InChI=1S/C16H18N4O4/c17-6-14(22)18-7-9-1-2-11-10(5-9)8-20(16(11)24)12-3-4-13(21)19-15(12)23/h1-2,5,12H,3-4,6-8,17H2,(H,18,22)(H,19,21,23). The minimum absolute atomic E-state index is 0.0767. The summed E-state index contributed by atoms with van der Waals surface area (Å²) in [6.45, 7) is 0.571. The summed E-state index contributed by atoms with van der Waals surface area (Å²) in [5.74, 6) is -1.20. The average Bonchev–Trinajstić information content (AvgIpc) is 2.89. The molecule has 1 fully saturated rings. The average molecular weight is 330 g/mol. The summed E-state index contributed by atoms with van der Waals surface area (Å²) in [6, 6.07) is 4.69. The van der Waals surface area contributed by atoms with Gasteiger partial charge in [0.1, 0.15) is 6.04 Å². The Morgan fingerprint density at radius 2 is 2.12 bits per heavy atom. The van der Waals surface area contributed by atoms with Gasteiger partial charge in [0.25, 0.3) is 5.91 Å². The first kappa shape index (κ1) is 16.1. The van der Waals surface area contributed by atoms with Crippen molar-refractivity contribution in [2.75, 3.05) is 6.54 Å². The molecule has 4 amide bonds. The molecule has 1 aromatic carbocycles. The molecule has 0 spiro atoms. The molecule has 4 N–H and O–H groups in total. The molecule has 2 heterocycles. The fraction of sp³-hybridized carbons (Fsp3) is 0.375. The number of carbonyl (C=O) groups is 4. The summed E-state index contributed by atoms with van der Waals surface area (Å²) in [5.41, 5.74) is 7.46. The van der Waals surface area contributed by atoms with Crippen LogP contribution in [0.2, 0.25) is 0 Å². The molecule has 0 bridgehead atoms. The molecule has 1 atom stereocenters. The van der Waals surface area contributed by atoms with Crippen molar-refractivity contribution in [1.82, 2.24) is 15.5 Å². The van der Waals surface area contributed by atoms with Gasteiger partial charge in [-0.1, -0.05) is 12.1 Å². The van der Waals surface area contributed by atoms with Crippen LogP contribution in [0.25, 0.3) is 0 Å². The second-order valence-corrected chi connectivity index (χ2v) is 5.87. The van der Waals surface area contributed by atoms with Crippen LogP contribution in [0.5, 0.6) is 0 Å². The highest BCUT2D eigenvalue weighted by Crippen LogP contribution is 2.28. The SMILES string of the molecule is NCC(=O)NCc1ccc2c(c1)CN(C1CCC(=O)NC1=O)C2=O. The molecule has 8 heteroatoms. The lowest BCUT2D eigenvalue weighted by atomic mass is 10.0. The van der Waals surface area contributed by atoms with Crippen molar-refractivity contribution in [2.45, 2.75) is 32.0 Å². The van der Waals surface area contributed by atoms with E-state index in [1.165, 1.54) is 4.90 Å². The number of nitrogens with two attached hydrogens (primary N) is 1. The second kappa shape index (κ2) is 6.40. The lowest BCUT2D eigenvalue weighted by Gasteiger charge is -2.29. The highest BCUT2D eigenvalue weighted by atomic mass is 16.2.